The van der Waals surface area contributed by atoms with Gasteiger partial charge in [0.1, 0.15) is 5.56 Å². The van der Waals surface area contributed by atoms with E-state index < -0.39 is 5.97 Å². The van der Waals surface area contributed by atoms with Gasteiger partial charge in [-0.1, -0.05) is 0 Å². The lowest BCUT2D eigenvalue weighted by Crippen LogP contribution is -2.22. The summed E-state index contributed by atoms with van der Waals surface area (Å²) in [5.41, 5.74) is 0.203. The fraction of sp³-hybridized carbons (Fsp3) is 0.333. The normalized spacial score (nSPS) is 9.78. The van der Waals surface area contributed by atoms with Crippen molar-refractivity contribution >= 4 is 11.9 Å². The number of carboxylic acid groups (broad SMARTS) is 1. The summed E-state index contributed by atoms with van der Waals surface area (Å²) >= 11 is 0. The van der Waals surface area contributed by atoms with E-state index in [0.717, 1.165) is 0 Å². The molecule has 0 bridgehead atoms. The lowest BCUT2D eigenvalue weighted by Gasteiger charge is -2.16. The zero-order chi connectivity index (χ0) is 13.9. The molecule has 6 nitrogen and oxygen atoms in total. The number of nitrogens with zero attached hydrogens (tertiary/aromatic N) is 1. The minimum absolute atomic E-state index is 0.0395. The molecule has 0 spiro atoms. The van der Waals surface area contributed by atoms with Crippen molar-refractivity contribution in [2.24, 2.45) is 0 Å². The molecule has 0 saturated carbocycles. The second kappa shape index (κ2) is 5.39. The highest BCUT2D eigenvalue weighted by Gasteiger charge is 2.23. The van der Waals surface area contributed by atoms with Crippen molar-refractivity contribution in [3.8, 4) is 11.5 Å². The molecule has 0 heterocycles. The molecule has 1 amide bonds. The van der Waals surface area contributed by atoms with Crippen LogP contribution in [-0.4, -0.2) is 50.2 Å². The zero-order valence-corrected chi connectivity index (χ0v) is 10.7. The molecule has 0 aliphatic heterocycles. The number of methoxy groups -OCH3 is 2. The third kappa shape index (κ3) is 2.37. The molecular formula is C12H15NO5. The Morgan fingerprint density at radius 3 is 1.89 bits per heavy atom. The number of hydrogen-bond acceptors (Lipinski definition) is 4. The molecule has 0 fully saturated rings. The van der Waals surface area contributed by atoms with Crippen LogP contribution in [0.25, 0.3) is 0 Å². The van der Waals surface area contributed by atoms with Crippen LogP contribution in [0, 0.1) is 0 Å². The van der Waals surface area contributed by atoms with Crippen molar-refractivity contribution in [2.75, 3.05) is 28.3 Å². The molecule has 0 unspecified atom stereocenters. The maximum absolute atomic E-state index is 11.9. The molecule has 0 aliphatic rings. The number of amides is 1. The van der Waals surface area contributed by atoms with Crippen LogP contribution in [0.5, 0.6) is 11.5 Å². The van der Waals surface area contributed by atoms with Crippen molar-refractivity contribution in [3.05, 3.63) is 23.3 Å². The van der Waals surface area contributed by atoms with Gasteiger partial charge in [0.05, 0.1) is 19.8 Å². The number of ether oxygens (including phenoxy) is 2. The maximum atomic E-state index is 11.9. The first-order valence-corrected chi connectivity index (χ1v) is 5.14. The number of rotatable bonds is 4. The number of carbonyl (C=O) groups excluding carboxylic acids is 1. The Balaban J connectivity index is 3.48. The minimum atomic E-state index is -1.14. The van der Waals surface area contributed by atoms with E-state index in [9.17, 15) is 9.59 Å². The number of aromatic carboxylic acids is 1. The van der Waals surface area contributed by atoms with Crippen molar-refractivity contribution in [2.45, 2.75) is 0 Å². The molecule has 0 atom stereocenters. The lowest BCUT2D eigenvalue weighted by molar-refractivity contribution is 0.0690. The van der Waals surface area contributed by atoms with E-state index in [2.05, 4.69) is 0 Å². The average Bonchev–Trinajstić information content (AvgIpc) is 2.35. The number of carbonyl (C=O) groups is 2. The predicted molar refractivity (Wildman–Crippen MR) is 64.5 cm³/mol. The van der Waals surface area contributed by atoms with Gasteiger partial charge in [0.2, 0.25) is 0 Å². The number of hydrogen-bond donors (Lipinski definition) is 1. The van der Waals surface area contributed by atoms with Crippen LogP contribution in [-0.2, 0) is 0 Å². The summed E-state index contributed by atoms with van der Waals surface area (Å²) in [6.45, 7) is 0. The van der Waals surface area contributed by atoms with Gasteiger partial charge in [-0.15, -0.1) is 0 Å². The van der Waals surface area contributed by atoms with Gasteiger partial charge >= 0.3 is 5.97 Å². The Labute approximate surface area is 105 Å². The molecule has 0 aromatic heterocycles. The Morgan fingerprint density at radius 1 is 1.06 bits per heavy atom. The SMILES string of the molecule is COc1c(C(=O)O)ccc(C(=O)N(C)C)c1OC. The molecule has 1 N–H and O–H groups in total. The molecule has 0 radical (unpaired) electrons. The second-order valence-electron chi connectivity index (χ2n) is 3.73. The second-order valence-corrected chi connectivity index (χ2v) is 3.73. The molecular weight excluding hydrogens is 238 g/mol. The van der Waals surface area contributed by atoms with Crippen LogP contribution < -0.4 is 9.47 Å². The summed E-state index contributed by atoms with van der Waals surface area (Å²) in [6, 6.07) is 2.73. The van der Waals surface area contributed by atoms with E-state index >= 15 is 0 Å². The summed E-state index contributed by atoms with van der Waals surface area (Å²) in [4.78, 5) is 24.3. The van der Waals surface area contributed by atoms with E-state index in [-0.39, 0.29) is 28.5 Å². The van der Waals surface area contributed by atoms with Crippen LogP contribution in [0.4, 0.5) is 0 Å². The Kier molecular flexibility index (Phi) is 4.14. The third-order valence-corrected chi connectivity index (χ3v) is 2.39. The summed E-state index contributed by atoms with van der Waals surface area (Å²) in [5, 5.41) is 9.02. The van der Waals surface area contributed by atoms with E-state index in [0.29, 0.717) is 0 Å². The fourth-order valence-electron chi connectivity index (χ4n) is 1.55. The van der Waals surface area contributed by atoms with E-state index in [1.54, 1.807) is 14.1 Å². The van der Waals surface area contributed by atoms with Crippen LogP contribution in [0.3, 0.4) is 0 Å². The first kappa shape index (κ1) is 13.8. The Hall–Kier alpha value is -2.24. The predicted octanol–water partition coefficient (Wildman–Crippen LogP) is 1.10. The quantitative estimate of drug-likeness (QED) is 0.869. The number of carboxylic acids is 1. The fourth-order valence-corrected chi connectivity index (χ4v) is 1.55. The lowest BCUT2D eigenvalue weighted by atomic mass is 10.1. The van der Waals surface area contributed by atoms with Crippen LogP contribution in [0.2, 0.25) is 0 Å². The van der Waals surface area contributed by atoms with Gasteiger partial charge in [-0.2, -0.15) is 0 Å². The molecule has 18 heavy (non-hydrogen) atoms. The van der Waals surface area contributed by atoms with Crippen LogP contribution >= 0.6 is 0 Å². The molecule has 6 heteroatoms. The van der Waals surface area contributed by atoms with Gasteiger partial charge in [0, 0.05) is 14.1 Å². The standard InChI is InChI=1S/C12H15NO5/c1-13(2)11(14)7-5-6-8(12(15)16)10(18-4)9(7)17-3/h5-6H,1-4H3,(H,15,16). The summed E-state index contributed by atoms with van der Waals surface area (Å²) < 4.78 is 10.1. The molecule has 1 aromatic rings. The summed E-state index contributed by atoms with van der Waals surface area (Å²) in [5.74, 6) is -1.27. The largest absolute Gasteiger partial charge is 0.492 e. The van der Waals surface area contributed by atoms with E-state index in [1.165, 1.54) is 31.3 Å². The van der Waals surface area contributed by atoms with Gasteiger partial charge in [-0.05, 0) is 12.1 Å². The van der Waals surface area contributed by atoms with E-state index in [4.69, 9.17) is 14.6 Å². The maximum Gasteiger partial charge on any atom is 0.339 e. The molecule has 98 valence electrons. The first-order valence-electron chi connectivity index (χ1n) is 5.14. The minimum Gasteiger partial charge on any atom is -0.492 e. The highest BCUT2D eigenvalue weighted by Crippen LogP contribution is 2.35. The average molecular weight is 253 g/mol. The van der Waals surface area contributed by atoms with Crippen molar-refractivity contribution < 1.29 is 24.2 Å². The number of benzene rings is 1. The van der Waals surface area contributed by atoms with Gasteiger partial charge in [-0.25, -0.2) is 4.79 Å². The van der Waals surface area contributed by atoms with Crippen molar-refractivity contribution in [3.63, 3.8) is 0 Å². The van der Waals surface area contributed by atoms with Crippen LogP contribution in [0.1, 0.15) is 20.7 Å². The molecule has 0 saturated heterocycles. The summed E-state index contributed by atoms with van der Waals surface area (Å²) in [6.07, 6.45) is 0. The Bertz CT molecular complexity index is 482. The highest BCUT2D eigenvalue weighted by molar-refractivity contribution is 6.01. The monoisotopic (exact) mass is 253 g/mol. The molecule has 1 rings (SSSR count). The van der Waals surface area contributed by atoms with Gasteiger partial charge in [-0.3, -0.25) is 4.79 Å². The summed E-state index contributed by atoms with van der Waals surface area (Å²) in [7, 11) is 5.88. The van der Waals surface area contributed by atoms with Gasteiger partial charge in [0.15, 0.2) is 11.5 Å². The Morgan fingerprint density at radius 2 is 1.50 bits per heavy atom. The van der Waals surface area contributed by atoms with Crippen molar-refractivity contribution in [1.82, 2.24) is 4.90 Å². The van der Waals surface area contributed by atoms with Crippen molar-refractivity contribution in [1.29, 1.82) is 0 Å². The topological polar surface area (TPSA) is 76.1 Å². The first-order chi connectivity index (χ1) is 8.43. The van der Waals surface area contributed by atoms with Gasteiger partial charge in [0.25, 0.3) is 5.91 Å². The van der Waals surface area contributed by atoms with Crippen LogP contribution in [0.15, 0.2) is 12.1 Å². The molecule has 0 aliphatic carbocycles. The third-order valence-electron chi connectivity index (χ3n) is 2.39. The highest BCUT2D eigenvalue weighted by atomic mass is 16.5. The smallest absolute Gasteiger partial charge is 0.339 e. The van der Waals surface area contributed by atoms with E-state index in [1.807, 2.05) is 0 Å². The molecule has 1 aromatic carbocycles. The zero-order valence-electron chi connectivity index (χ0n) is 10.7. The van der Waals surface area contributed by atoms with Gasteiger partial charge < -0.3 is 19.5 Å².